The van der Waals surface area contributed by atoms with Crippen molar-refractivity contribution < 1.29 is 34.8 Å². The molecule has 0 aromatic heterocycles. The maximum Gasteiger partial charge on any atom is 0.255 e. The molecule has 1 aromatic carbocycles. The fourth-order valence-corrected chi connectivity index (χ4v) is 6.45. The molecule has 0 unspecified atom stereocenters. The number of anilines is 1. The number of aromatic hydroxyl groups is 1. The number of hydrogen-bond acceptors (Lipinski definition) is 10. The second kappa shape index (κ2) is 9.90. The Kier molecular flexibility index (Phi) is 7.32. The highest BCUT2D eigenvalue weighted by atomic mass is 16.3. The number of amides is 1. The molecule has 0 aliphatic heterocycles. The predicted molar refractivity (Wildman–Crippen MR) is 150 cm³/mol. The van der Waals surface area contributed by atoms with Crippen molar-refractivity contribution in [2.45, 2.75) is 51.8 Å². The van der Waals surface area contributed by atoms with Crippen molar-refractivity contribution in [2.24, 2.45) is 23.0 Å². The van der Waals surface area contributed by atoms with Gasteiger partial charge in [0.15, 0.2) is 11.4 Å². The molecule has 4 atom stereocenters. The summed E-state index contributed by atoms with van der Waals surface area (Å²) in [7, 11) is 6.84. The first-order chi connectivity index (χ1) is 18.4. The second-order valence-electron chi connectivity index (χ2n) is 12.8. The summed E-state index contributed by atoms with van der Waals surface area (Å²) in [4.78, 5) is 42.8. The molecule has 0 radical (unpaired) electrons. The minimum atomic E-state index is -2.66. The lowest BCUT2D eigenvalue weighted by Gasteiger charge is -2.50. The summed E-state index contributed by atoms with van der Waals surface area (Å²) in [5.74, 6) is -6.55. The van der Waals surface area contributed by atoms with E-state index in [1.165, 1.54) is 4.90 Å². The van der Waals surface area contributed by atoms with Gasteiger partial charge >= 0.3 is 0 Å². The van der Waals surface area contributed by atoms with E-state index in [0.29, 0.717) is 24.2 Å². The molecule has 4 rings (SSSR count). The topological polar surface area (TPSA) is 177 Å². The number of Topliss-reactive ketones (excluding diaryl/α,β-unsaturated/α-hetero) is 2. The molecule has 11 nitrogen and oxygen atoms in total. The number of phenolic OH excluding ortho intramolecular Hbond substituents is 1. The van der Waals surface area contributed by atoms with Crippen LogP contribution in [0.15, 0.2) is 23.0 Å². The zero-order chi connectivity index (χ0) is 30.1. The molecule has 0 spiro atoms. The van der Waals surface area contributed by atoms with Gasteiger partial charge in [0.25, 0.3) is 5.91 Å². The van der Waals surface area contributed by atoms with Gasteiger partial charge in [-0.15, -0.1) is 0 Å². The van der Waals surface area contributed by atoms with Crippen LogP contribution < -0.4 is 16.0 Å². The Hall–Kier alpha value is -3.41. The summed E-state index contributed by atoms with van der Waals surface area (Å²) in [6.07, 6.45) is 0.291. The molecule has 3 aliphatic carbocycles. The number of aliphatic hydroxyl groups excluding tert-OH is 2. The number of hydrogen-bond donors (Lipinski definition) is 6. The highest BCUT2D eigenvalue weighted by Crippen LogP contribution is 2.54. The zero-order valence-corrected chi connectivity index (χ0v) is 24.1. The number of ketones is 2. The number of fused-ring (bicyclic) bond motifs is 3. The Labute approximate surface area is 233 Å². The molecule has 7 N–H and O–H groups in total. The van der Waals surface area contributed by atoms with Crippen LogP contribution in [0.2, 0.25) is 0 Å². The number of carbonyl (C=O) groups excluding carboxylic acids is 3. The molecule has 11 heteroatoms. The van der Waals surface area contributed by atoms with E-state index in [-0.39, 0.29) is 35.1 Å². The second-order valence-corrected chi connectivity index (χ2v) is 12.8. The normalized spacial score (nSPS) is 26.6. The lowest BCUT2D eigenvalue weighted by atomic mass is 9.57. The Balaban J connectivity index is 1.91. The molecule has 1 saturated carbocycles. The number of primary amides is 1. The highest BCUT2D eigenvalue weighted by Gasteiger charge is 2.64. The average molecular weight is 557 g/mol. The largest absolute Gasteiger partial charge is 0.508 e. The lowest BCUT2D eigenvalue weighted by molar-refractivity contribution is -0.153. The van der Waals surface area contributed by atoms with Gasteiger partial charge in [-0.1, -0.05) is 20.8 Å². The molecule has 0 saturated heterocycles. The first-order valence-corrected chi connectivity index (χ1v) is 13.3. The van der Waals surface area contributed by atoms with Crippen molar-refractivity contribution in [3.63, 3.8) is 0 Å². The van der Waals surface area contributed by atoms with Gasteiger partial charge in [0.1, 0.15) is 22.8 Å². The predicted octanol–water partition coefficient (Wildman–Crippen LogP) is 1.17. The molecular formula is C29H40N4O7. The lowest BCUT2D eigenvalue weighted by Crippen LogP contribution is -2.65. The number of likely N-dealkylation sites (N-methyl/N-ethyl adjacent to an activating group) is 1. The van der Waals surface area contributed by atoms with E-state index in [4.69, 9.17) is 5.73 Å². The van der Waals surface area contributed by atoms with Crippen molar-refractivity contribution in [3.05, 3.63) is 39.7 Å². The Bertz CT molecular complexity index is 1350. The smallest absolute Gasteiger partial charge is 0.255 e. The third kappa shape index (κ3) is 4.46. The molecule has 40 heavy (non-hydrogen) atoms. The number of phenols is 1. The van der Waals surface area contributed by atoms with E-state index in [2.05, 4.69) is 26.1 Å². The van der Waals surface area contributed by atoms with Crippen molar-refractivity contribution in [1.29, 1.82) is 0 Å². The summed E-state index contributed by atoms with van der Waals surface area (Å²) in [5, 5.41) is 49.0. The maximum absolute atomic E-state index is 14.0. The Morgan fingerprint density at radius 2 is 1.77 bits per heavy atom. The summed E-state index contributed by atoms with van der Waals surface area (Å²) >= 11 is 0. The van der Waals surface area contributed by atoms with Crippen LogP contribution in [0.3, 0.4) is 0 Å². The van der Waals surface area contributed by atoms with Gasteiger partial charge < -0.3 is 36.4 Å². The number of nitrogens with one attached hydrogen (secondary N) is 1. The molecule has 0 heterocycles. The van der Waals surface area contributed by atoms with Crippen LogP contribution in [0.1, 0.15) is 43.9 Å². The minimum Gasteiger partial charge on any atom is -0.508 e. The van der Waals surface area contributed by atoms with E-state index in [0.717, 1.165) is 5.69 Å². The Morgan fingerprint density at radius 3 is 2.30 bits per heavy atom. The van der Waals surface area contributed by atoms with Crippen LogP contribution in [0, 0.1) is 17.3 Å². The van der Waals surface area contributed by atoms with Crippen LogP contribution in [-0.4, -0.2) is 89.2 Å². The van der Waals surface area contributed by atoms with E-state index in [1.807, 2.05) is 25.1 Å². The molecule has 1 aromatic rings. The number of rotatable bonds is 6. The molecule has 1 amide bonds. The van der Waals surface area contributed by atoms with Crippen molar-refractivity contribution >= 4 is 28.9 Å². The van der Waals surface area contributed by atoms with E-state index in [9.17, 15) is 34.8 Å². The first-order valence-electron chi connectivity index (χ1n) is 13.3. The Morgan fingerprint density at radius 1 is 1.15 bits per heavy atom. The van der Waals surface area contributed by atoms with E-state index >= 15 is 0 Å². The number of aliphatic hydroxyl groups is 3. The summed E-state index contributed by atoms with van der Waals surface area (Å²) in [6, 6.07) is 0.735. The van der Waals surface area contributed by atoms with Gasteiger partial charge in [0, 0.05) is 49.9 Å². The van der Waals surface area contributed by atoms with Gasteiger partial charge in [-0.2, -0.15) is 0 Å². The molecule has 0 bridgehead atoms. The monoisotopic (exact) mass is 556 g/mol. The molecule has 3 aliphatic rings. The molecular weight excluding hydrogens is 516 g/mol. The fraction of sp³-hybridized carbons (Fsp3) is 0.552. The standard InChI is InChI=1S/C29H40N4O7/c1-28(2,3)12-31-11-14-10-17(32(4)5)15-8-13-9-16-21(33(6)7)24(36)20(27(30)39)26(38)29(16,40)25(37)18(13)23(35)19(15)22(14)34/h10,13,16,21,31,34-35,38,40H,8-9,11-12H2,1-7H3,(H2,30,39)/t13-,16-,21-,29+/m0/s1. The number of nitrogens with two attached hydrogens (primary N) is 1. The van der Waals surface area contributed by atoms with Crippen molar-refractivity contribution in [1.82, 2.24) is 10.2 Å². The molecule has 218 valence electrons. The minimum absolute atomic E-state index is 0.00285. The van der Waals surface area contributed by atoms with Crippen LogP contribution in [0.25, 0.3) is 5.76 Å². The van der Waals surface area contributed by atoms with Crippen LogP contribution >= 0.6 is 0 Å². The first kappa shape index (κ1) is 29.6. The van der Waals surface area contributed by atoms with Crippen LogP contribution in [0.4, 0.5) is 5.69 Å². The van der Waals surface area contributed by atoms with Crippen molar-refractivity contribution in [3.8, 4) is 5.75 Å². The SMILES string of the molecule is CN(C)c1cc(CNCC(C)(C)C)c(O)c2c1C[C@H]1C[C@H]3[C@H](N(C)C)C(=O)C(C(N)=O)=C(O)[C@]3(O)C(=O)C1=C2O. The van der Waals surface area contributed by atoms with Crippen LogP contribution in [0.5, 0.6) is 5.75 Å². The highest BCUT2D eigenvalue weighted by molar-refractivity contribution is 6.24. The third-order valence-electron chi connectivity index (χ3n) is 8.23. The van der Waals surface area contributed by atoms with Gasteiger partial charge in [0.05, 0.1) is 11.6 Å². The quantitative estimate of drug-likeness (QED) is 0.279. The van der Waals surface area contributed by atoms with Gasteiger partial charge in [-0.25, -0.2) is 0 Å². The van der Waals surface area contributed by atoms with E-state index < -0.39 is 58.0 Å². The van der Waals surface area contributed by atoms with Crippen LogP contribution in [-0.2, 0) is 27.3 Å². The fourth-order valence-electron chi connectivity index (χ4n) is 6.45. The summed E-state index contributed by atoms with van der Waals surface area (Å²) < 4.78 is 0. The summed E-state index contributed by atoms with van der Waals surface area (Å²) in [5.41, 5.74) is 3.73. The van der Waals surface area contributed by atoms with Crippen molar-refractivity contribution in [2.75, 3.05) is 39.6 Å². The number of nitrogens with zero attached hydrogens (tertiary/aromatic N) is 2. The maximum atomic E-state index is 14.0. The zero-order valence-electron chi connectivity index (χ0n) is 24.1. The number of benzene rings is 1. The molecule has 1 fully saturated rings. The third-order valence-corrected chi connectivity index (χ3v) is 8.23. The van der Waals surface area contributed by atoms with E-state index in [1.54, 1.807) is 14.1 Å². The van der Waals surface area contributed by atoms with Gasteiger partial charge in [-0.05, 0) is 49.9 Å². The average Bonchev–Trinajstić information content (AvgIpc) is 2.81. The number of carbonyl (C=O) groups is 3. The van der Waals surface area contributed by atoms with Gasteiger partial charge in [0.2, 0.25) is 5.78 Å². The summed E-state index contributed by atoms with van der Waals surface area (Å²) in [6.45, 7) is 7.21. The van der Waals surface area contributed by atoms with Gasteiger partial charge in [-0.3, -0.25) is 19.3 Å².